The fraction of sp³-hybridized carbons (Fsp3) is 1.00. The zero-order chi connectivity index (χ0) is 9.52. The Kier molecular flexibility index (Phi) is 5.40. The molecule has 0 aromatic rings. The molecule has 13 heavy (non-hydrogen) atoms. The summed E-state index contributed by atoms with van der Waals surface area (Å²) in [5, 5.41) is 8.87. The van der Waals surface area contributed by atoms with Gasteiger partial charge >= 0.3 is 0 Å². The Bertz CT molecular complexity index is 125. The largest absolute Gasteiger partial charge is 0.394 e. The number of hydrogen-bond donors (Lipinski definition) is 1. The number of ether oxygens (including phenoxy) is 1. The van der Waals surface area contributed by atoms with E-state index < -0.39 is 0 Å². The van der Waals surface area contributed by atoms with E-state index in [4.69, 9.17) is 9.84 Å². The Morgan fingerprint density at radius 1 is 1.15 bits per heavy atom. The van der Waals surface area contributed by atoms with E-state index in [0.29, 0.717) is 6.10 Å². The Labute approximate surface area is 81.3 Å². The molecule has 2 atom stereocenters. The summed E-state index contributed by atoms with van der Waals surface area (Å²) in [7, 11) is 0. The number of unbranched alkanes of at least 4 members (excludes halogenated alkanes) is 3. The Morgan fingerprint density at radius 2 is 1.92 bits per heavy atom. The highest BCUT2D eigenvalue weighted by atomic mass is 16.5. The van der Waals surface area contributed by atoms with Crippen molar-refractivity contribution in [2.45, 2.75) is 64.1 Å². The molecule has 1 fully saturated rings. The maximum Gasteiger partial charge on any atom is 0.0810 e. The molecule has 2 heteroatoms. The van der Waals surface area contributed by atoms with E-state index in [9.17, 15) is 0 Å². The lowest BCUT2D eigenvalue weighted by Gasteiger charge is -2.11. The predicted molar refractivity (Wildman–Crippen MR) is 53.7 cm³/mol. The van der Waals surface area contributed by atoms with Gasteiger partial charge in [0.1, 0.15) is 0 Å². The highest BCUT2D eigenvalue weighted by molar-refractivity contribution is 4.72. The van der Waals surface area contributed by atoms with E-state index in [2.05, 4.69) is 6.92 Å². The van der Waals surface area contributed by atoms with Crippen molar-refractivity contribution in [3.63, 3.8) is 0 Å². The van der Waals surface area contributed by atoms with Crippen molar-refractivity contribution >= 4 is 0 Å². The standard InChI is InChI=1S/C11H22O2/c1-2-3-4-5-6-10-7-8-11(9-12)13-10/h10-12H,2-9H2,1H3/t10-,11+/m1/s1. The molecule has 0 amide bonds. The zero-order valence-corrected chi connectivity index (χ0v) is 8.67. The van der Waals surface area contributed by atoms with Crippen LogP contribution in [0.2, 0.25) is 0 Å². The number of hydrogen-bond acceptors (Lipinski definition) is 2. The maximum absolute atomic E-state index is 8.87. The SMILES string of the molecule is CCCCCC[C@@H]1CC[C@@H](CO)O1. The third-order valence-electron chi connectivity index (χ3n) is 2.78. The van der Waals surface area contributed by atoms with E-state index in [1.807, 2.05) is 0 Å². The molecule has 1 aliphatic rings. The molecule has 2 nitrogen and oxygen atoms in total. The molecule has 0 radical (unpaired) electrons. The van der Waals surface area contributed by atoms with Crippen molar-refractivity contribution in [3.05, 3.63) is 0 Å². The normalized spacial score (nSPS) is 28.2. The van der Waals surface area contributed by atoms with Crippen molar-refractivity contribution in [3.8, 4) is 0 Å². The van der Waals surface area contributed by atoms with Crippen LogP contribution in [0.15, 0.2) is 0 Å². The molecule has 1 aliphatic heterocycles. The second kappa shape index (κ2) is 6.39. The van der Waals surface area contributed by atoms with Crippen LogP contribution in [0.25, 0.3) is 0 Å². The first-order valence-electron chi connectivity index (χ1n) is 5.63. The Morgan fingerprint density at radius 3 is 2.54 bits per heavy atom. The maximum atomic E-state index is 8.87. The lowest BCUT2D eigenvalue weighted by molar-refractivity contribution is 0.00759. The van der Waals surface area contributed by atoms with Gasteiger partial charge in [-0.25, -0.2) is 0 Å². The predicted octanol–water partition coefficient (Wildman–Crippen LogP) is 2.50. The molecule has 1 heterocycles. The molecule has 1 rings (SSSR count). The number of aliphatic hydroxyl groups excluding tert-OH is 1. The number of rotatable bonds is 6. The monoisotopic (exact) mass is 186 g/mol. The van der Waals surface area contributed by atoms with Crippen LogP contribution < -0.4 is 0 Å². The highest BCUT2D eigenvalue weighted by Gasteiger charge is 2.23. The fourth-order valence-electron chi connectivity index (χ4n) is 1.93. The van der Waals surface area contributed by atoms with Gasteiger partial charge in [-0.1, -0.05) is 32.6 Å². The Balaban J connectivity index is 1.97. The summed E-state index contributed by atoms with van der Waals surface area (Å²) in [5.74, 6) is 0. The molecule has 0 saturated carbocycles. The van der Waals surface area contributed by atoms with Crippen molar-refractivity contribution in [1.29, 1.82) is 0 Å². The van der Waals surface area contributed by atoms with Gasteiger partial charge in [-0.05, 0) is 19.3 Å². The lowest BCUT2D eigenvalue weighted by Crippen LogP contribution is -2.14. The van der Waals surface area contributed by atoms with E-state index in [0.717, 1.165) is 12.8 Å². The van der Waals surface area contributed by atoms with Gasteiger partial charge in [0.2, 0.25) is 0 Å². The summed E-state index contributed by atoms with van der Waals surface area (Å²) >= 11 is 0. The summed E-state index contributed by atoms with van der Waals surface area (Å²) in [6.07, 6.45) is 9.23. The van der Waals surface area contributed by atoms with Crippen LogP contribution in [0.3, 0.4) is 0 Å². The molecule has 0 unspecified atom stereocenters. The van der Waals surface area contributed by atoms with E-state index in [1.54, 1.807) is 0 Å². The van der Waals surface area contributed by atoms with Crippen LogP contribution in [-0.2, 0) is 4.74 Å². The first kappa shape index (κ1) is 11.0. The molecule has 1 N–H and O–H groups in total. The topological polar surface area (TPSA) is 29.5 Å². The highest BCUT2D eigenvalue weighted by Crippen LogP contribution is 2.23. The summed E-state index contributed by atoms with van der Waals surface area (Å²) < 4.78 is 5.64. The quantitative estimate of drug-likeness (QED) is 0.646. The van der Waals surface area contributed by atoms with Gasteiger partial charge in [-0.15, -0.1) is 0 Å². The van der Waals surface area contributed by atoms with Gasteiger partial charge < -0.3 is 9.84 Å². The summed E-state index contributed by atoms with van der Waals surface area (Å²) in [6.45, 7) is 2.43. The molecule has 0 aromatic carbocycles. The van der Waals surface area contributed by atoms with Gasteiger partial charge in [0.05, 0.1) is 18.8 Å². The van der Waals surface area contributed by atoms with Gasteiger partial charge in [-0.2, -0.15) is 0 Å². The van der Waals surface area contributed by atoms with E-state index >= 15 is 0 Å². The molecular formula is C11H22O2. The van der Waals surface area contributed by atoms with E-state index in [-0.39, 0.29) is 12.7 Å². The first-order chi connectivity index (χ1) is 6.36. The van der Waals surface area contributed by atoms with Crippen LogP contribution >= 0.6 is 0 Å². The molecule has 0 bridgehead atoms. The average molecular weight is 186 g/mol. The molecule has 1 saturated heterocycles. The summed E-state index contributed by atoms with van der Waals surface area (Å²) in [5.41, 5.74) is 0. The molecule has 0 spiro atoms. The summed E-state index contributed by atoms with van der Waals surface area (Å²) in [6, 6.07) is 0. The molecule has 0 aliphatic carbocycles. The van der Waals surface area contributed by atoms with Crippen LogP contribution in [-0.4, -0.2) is 23.9 Å². The average Bonchev–Trinajstić information content (AvgIpc) is 2.60. The smallest absolute Gasteiger partial charge is 0.0810 e. The number of aliphatic hydroxyl groups is 1. The Hall–Kier alpha value is -0.0800. The van der Waals surface area contributed by atoms with Crippen molar-refractivity contribution < 1.29 is 9.84 Å². The minimum Gasteiger partial charge on any atom is -0.394 e. The van der Waals surface area contributed by atoms with Gasteiger partial charge in [0.25, 0.3) is 0 Å². The lowest BCUT2D eigenvalue weighted by atomic mass is 10.1. The molecular weight excluding hydrogens is 164 g/mol. The third kappa shape index (κ3) is 4.10. The second-order valence-electron chi connectivity index (χ2n) is 3.99. The van der Waals surface area contributed by atoms with Gasteiger partial charge in [-0.3, -0.25) is 0 Å². The second-order valence-corrected chi connectivity index (χ2v) is 3.99. The van der Waals surface area contributed by atoms with E-state index in [1.165, 1.54) is 32.1 Å². The zero-order valence-electron chi connectivity index (χ0n) is 8.67. The van der Waals surface area contributed by atoms with Gasteiger partial charge in [0.15, 0.2) is 0 Å². The van der Waals surface area contributed by atoms with Crippen LogP contribution in [0.5, 0.6) is 0 Å². The first-order valence-corrected chi connectivity index (χ1v) is 5.63. The van der Waals surface area contributed by atoms with Crippen LogP contribution in [0.1, 0.15) is 51.9 Å². The molecule has 0 aromatic heterocycles. The molecule has 78 valence electrons. The fourth-order valence-corrected chi connectivity index (χ4v) is 1.93. The van der Waals surface area contributed by atoms with Crippen molar-refractivity contribution in [2.24, 2.45) is 0 Å². The van der Waals surface area contributed by atoms with Crippen molar-refractivity contribution in [2.75, 3.05) is 6.61 Å². The minimum absolute atomic E-state index is 0.135. The van der Waals surface area contributed by atoms with Crippen molar-refractivity contribution in [1.82, 2.24) is 0 Å². The van der Waals surface area contributed by atoms with Crippen LogP contribution in [0, 0.1) is 0 Å². The third-order valence-corrected chi connectivity index (χ3v) is 2.78. The van der Waals surface area contributed by atoms with Crippen LogP contribution in [0.4, 0.5) is 0 Å². The minimum atomic E-state index is 0.135. The van der Waals surface area contributed by atoms with Gasteiger partial charge in [0, 0.05) is 0 Å². The summed E-state index contributed by atoms with van der Waals surface area (Å²) in [4.78, 5) is 0.